The summed E-state index contributed by atoms with van der Waals surface area (Å²) in [6.07, 6.45) is 6.37. The summed E-state index contributed by atoms with van der Waals surface area (Å²) in [4.78, 5) is 14.8. The molecule has 1 saturated carbocycles. The maximum atomic E-state index is 12.3. The van der Waals surface area contributed by atoms with Gasteiger partial charge in [0.2, 0.25) is 0 Å². The number of nitrogens with zero attached hydrogens (tertiary/aromatic N) is 3. The minimum atomic E-state index is 0.00976. The van der Waals surface area contributed by atoms with E-state index in [9.17, 15) is 4.79 Å². The Morgan fingerprint density at radius 2 is 2.05 bits per heavy atom. The number of rotatable bonds is 4. The summed E-state index contributed by atoms with van der Waals surface area (Å²) < 4.78 is 1.66. The molecule has 3 rings (SSSR count). The van der Waals surface area contributed by atoms with Gasteiger partial charge in [-0.1, -0.05) is 6.42 Å². The molecule has 1 aromatic rings. The second kappa shape index (κ2) is 6.18. The summed E-state index contributed by atoms with van der Waals surface area (Å²) in [6, 6.07) is 2.16. The fraction of sp³-hybridized carbons (Fsp3) is 0.750. The van der Waals surface area contributed by atoms with Gasteiger partial charge >= 0.3 is 0 Å². The van der Waals surface area contributed by atoms with Crippen LogP contribution in [0.3, 0.4) is 0 Å². The van der Waals surface area contributed by atoms with Crippen molar-refractivity contribution >= 4 is 5.91 Å². The molecule has 1 amide bonds. The highest BCUT2D eigenvalue weighted by Gasteiger charge is 2.25. The zero-order valence-corrected chi connectivity index (χ0v) is 13.1. The van der Waals surface area contributed by atoms with Crippen LogP contribution in [0.15, 0.2) is 6.07 Å². The minimum Gasteiger partial charge on any atom is -0.348 e. The Labute approximate surface area is 126 Å². The van der Waals surface area contributed by atoms with Gasteiger partial charge in [-0.3, -0.25) is 9.48 Å². The van der Waals surface area contributed by atoms with E-state index in [2.05, 4.69) is 15.3 Å². The number of aromatic nitrogens is 2. The number of amides is 1. The first-order valence-electron chi connectivity index (χ1n) is 8.15. The van der Waals surface area contributed by atoms with Crippen LogP contribution in [0.25, 0.3) is 0 Å². The van der Waals surface area contributed by atoms with Gasteiger partial charge in [-0.2, -0.15) is 5.10 Å². The van der Waals surface area contributed by atoms with Crippen molar-refractivity contribution in [1.29, 1.82) is 0 Å². The highest BCUT2D eigenvalue weighted by atomic mass is 16.2. The number of hydrogen-bond acceptors (Lipinski definition) is 3. The van der Waals surface area contributed by atoms with Crippen molar-refractivity contribution in [3.05, 3.63) is 17.5 Å². The molecule has 1 N–H and O–H groups in total. The lowest BCUT2D eigenvalue weighted by Crippen LogP contribution is -2.46. The van der Waals surface area contributed by atoms with Crippen molar-refractivity contribution in [1.82, 2.24) is 20.0 Å². The molecule has 1 saturated heterocycles. The fourth-order valence-corrected chi connectivity index (χ4v) is 3.38. The zero-order chi connectivity index (χ0) is 14.8. The van der Waals surface area contributed by atoms with Gasteiger partial charge in [-0.15, -0.1) is 0 Å². The van der Waals surface area contributed by atoms with Crippen LogP contribution in [0.2, 0.25) is 0 Å². The van der Waals surface area contributed by atoms with Gasteiger partial charge in [0.25, 0.3) is 5.91 Å². The van der Waals surface area contributed by atoms with E-state index >= 15 is 0 Å². The summed E-state index contributed by atoms with van der Waals surface area (Å²) in [6.45, 7) is 5.41. The molecule has 0 unspecified atom stereocenters. The van der Waals surface area contributed by atoms with E-state index in [0.29, 0.717) is 11.7 Å². The summed E-state index contributed by atoms with van der Waals surface area (Å²) in [5.74, 6) is 0.948. The maximum absolute atomic E-state index is 12.3. The molecule has 0 aromatic carbocycles. The van der Waals surface area contributed by atoms with Crippen LogP contribution in [0, 0.1) is 12.8 Å². The van der Waals surface area contributed by atoms with Gasteiger partial charge in [-0.05, 0) is 44.6 Å². The molecule has 5 nitrogen and oxygen atoms in total. The molecule has 0 radical (unpaired) electrons. The van der Waals surface area contributed by atoms with Gasteiger partial charge in [0.15, 0.2) is 0 Å². The van der Waals surface area contributed by atoms with Crippen LogP contribution < -0.4 is 5.32 Å². The van der Waals surface area contributed by atoms with Gasteiger partial charge < -0.3 is 10.2 Å². The van der Waals surface area contributed by atoms with Crippen molar-refractivity contribution in [2.24, 2.45) is 13.0 Å². The van der Waals surface area contributed by atoms with Crippen molar-refractivity contribution < 1.29 is 4.79 Å². The Balaban J connectivity index is 1.46. The van der Waals surface area contributed by atoms with Crippen molar-refractivity contribution in [2.45, 2.75) is 45.1 Å². The number of hydrogen-bond donors (Lipinski definition) is 1. The monoisotopic (exact) mass is 290 g/mol. The summed E-state index contributed by atoms with van der Waals surface area (Å²) in [7, 11) is 1.82. The third-order valence-corrected chi connectivity index (χ3v) is 4.90. The molecule has 21 heavy (non-hydrogen) atoms. The van der Waals surface area contributed by atoms with E-state index in [4.69, 9.17) is 0 Å². The van der Waals surface area contributed by atoms with Gasteiger partial charge in [-0.25, -0.2) is 0 Å². The second-order valence-corrected chi connectivity index (χ2v) is 6.64. The number of piperidine rings is 1. The average molecular weight is 290 g/mol. The van der Waals surface area contributed by atoms with E-state index in [0.717, 1.165) is 37.5 Å². The predicted molar refractivity (Wildman–Crippen MR) is 82.2 cm³/mol. The summed E-state index contributed by atoms with van der Waals surface area (Å²) in [5, 5.41) is 7.40. The standard InChI is InChI=1S/C16H26N4O/c1-12-10-15(19(2)18-12)16(21)17-14-6-8-20(9-7-14)11-13-4-3-5-13/h10,13-14H,3-9,11H2,1-2H3,(H,17,21). The lowest BCUT2D eigenvalue weighted by Gasteiger charge is -2.37. The first kappa shape index (κ1) is 14.6. The Morgan fingerprint density at radius 1 is 1.33 bits per heavy atom. The largest absolute Gasteiger partial charge is 0.348 e. The average Bonchev–Trinajstić information content (AvgIpc) is 2.75. The smallest absolute Gasteiger partial charge is 0.269 e. The molecule has 116 valence electrons. The van der Waals surface area contributed by atoms with E-state index in [-0.39, 0.29) is 5.91 Å². The topological polar surface area (TPSA) is 50.2 Å². The molecule has 2 heterocycles. The SMILES string of the molecule is Cc1cc(C(=O)NC2CCN(CC3CCC3)CC2)n(C)n1. The van der Waals surface area contributed by atoms with Crippen LogP contribution in [0.4, 0.5) is 0 Å². The molecule has 0 bridgehead atoms. The number of nitrogens with one attached hydrogen (secondary N) is 1. The molecule has 5 heteroatoms. The van der Waals surface area contributed by atoms with Crippen molar-refractivity contribution in [3.8, 4) is 0 Å². The number of likely N-dealkylation sites (tertiary alicyclic amines) is 1. The van der Waals surface area contributed by atoms with E-state index in [1.165, 1.54) is 25.8 Å². The highest BCUT2D eigenvalue weighted by Crippen LogP contribution is 2.28. The van der Waals surface area contributed by atoms with Crippen LogP contribution >= 0.6 is 0 Å². The number of aryl methyl sites for hydroxylation is 2. The molecule has 1 aromatic heterocycles. The Kier molecular flexibility index (Phi) is 4.29. The fourth-order valence-electron chi connectivity index (χ4n) is 3.38. The molecule has 0 atom stereocenters. The normalized spacial score (nSPS) is 21.2. The Morgan fingerprint density at radius 3 is 2.57 bits per heavy atom. The molecule has 1 aliphatic heterocycles. The quantitative estimate of drug-likeness (QED) is 0.918. The molecular formula is C16H26N4O. The van der Waals surface area contributed by atoms with Gasteiger partial charge in [0.05, 0.1) is 5.69 Å². The molecule has 0 spiro atoms. The van der Waals surface area contributed by atoms with Gasteiger partial charge in [0.1, 0.15) is 5.69 Å². The third-order valence-electron chi connectivity index (χ3n) is 4.90. The second-order valence-electron chi connectivity index (χ2n) is 6.64. The Bertz CT molecular complexity index is 498. The summed E-state index contributed by atoms with van der Waals surface area (Å²) >= 11 is 0. The van der Waals surface area contributed by atoms with Crippen molar-refractivity contribution in [3.63, 3.8) is 0 Å². The van der Waals surface area contributed by atoms with Crippen LogP contribution in [0.1, 0.15) is 48.3 Å². The lowest BCUT2D eigenvalue weighted by atomic mass is 9.84. The first-order chi connectivity index (χ1) is 10.1. The van der Waals surface area contributed by atoms with E-state index < -0.39 is 0 Å². The predicted octanol–water partition coefficient (Wildman–Crippen LogP) is 1.72. The van der Waals surface area contributed by atoms with E-state index in [1.807, 2.05) is 20.0 Å². The zero-order valence-electron chi connectivity index (χ0n) is 13.1. The van der Waals surface area contributed by atoms with Gasteiger partial charge in [0, 0.05) is 32.7 Å². The van der Waals surface area contributed by atoms with Crippen LogP contribution in [0.5, 0.6) is 0 Å². The van der Waals surface area contributed by atoms with Crippen molar-refractivity contribution in [2.75, 3.05) is 19.6 Å². The highest BCUT2D eigenvalue weighted by molar-refractivity contribution is 5.92. The van der Waals surface area contributed by atoms with E-state index in [1.54, 1.807) is 4.68 Å². The molecule has 1 aliphatic carbocycles. The third kappa shape index (κ3) is 3.46. The molecule has 2 aliphatic rings. The lowest BCUT2D eigenvalue weighted by molar-refractivity contribution is 0.0886. The first-order valence-corrected chi connectivity index (χ1v) is 8.15. The molecule has 2 fully saturated rings. The summed E-state index contributed by atoms with van der Waals surface area (Å²) in [5.41, 5.74) is 1.54. The van der Waals surface area contributed by atoms with Crippen LogP contribution in [-0.2, 0) is 7.05 Å². The molecular weight excluding hydrogens is 264 g/mol. The maximum Gasteiger partial charge on any atom is 0.269 e. The van der Waals surface area contributed by atoms with Crippen LogP contribution in [-0.4, -0.2) is 46.3 Å². The number of carbonyl (C=O) groups excluding carboxylic acids is 1. The Hall–Kier alpha value is -1.36. The minimum absolute atomic E-state index is 0.00976. The number of carbonyl (C=O) groups is 1.